The molecule has 0 amide bonds. The number of hydrogen-bond donors (Lipinski definition) is 2. The monoisotopic (exact) mass is 299 g/mol. The molecule has 7 heteroatoms. The van der Waals surface area contributed by atoms with E-state index in [0.717, 1.165) is 31.5 Å². The molecular formula is C14H19F2N3O2. The van der Waals surface area contributed by atoms with Gasteiger partial charge in [-0.3, -0.25) is 10.1 Å². The summed E-state index contributed by atoms with van der Waals surface area (Å²) in [5.74, 6) is -1.90. The fourth-order valence-corrected chi connectivity index (χ4v) is 2.66. The molecule has 1 aromatic carbocycles. The summed E-state index contributed by atoms with van der Waals surface area (Å²) in [4.78, 5) is 9.73. The van der Waals surface area contributed by atoms with Gasteiger partial charge in [-0.15, -0.1) is 0 Å². The molecule has 1 fully saturated rings. The van der Waals surface area contributed by atoms with E-state index in [1.54, 1.807) is 0 Å². The van der Waals surface area contributed by atoms with Gasteiger partial charge < -0.3 is 10.6 Å². The van der Waals surface area contributed by atoms with Crippen LogP contribution in [0.15, 0.2) is 12.1 Å². The smallest absolute Gasteiger partial charge is 0.275 e. The molecular weight excluding hydrogens is 280 g/mol. The van der Waals surface area contributed by atoms with E-state index in [0.29, 0.717) is 6.54 Å². The molecule has 0 radical (unpaired) electrons. The van der Waals surface area contributed by atoms with Gasteiger partial charge in [0, 0.05) is 12.6 Å². The van der Waals surface area contributed by atoms with Crippen LogP contribution in [0.25, 0.3) is 0 Å². The van der Waals surface area contributed by atoms with Crippen molar-refractivity contribution in [3.8, 4) is 0 Å². The maximum Gasteiger partial charge on any atom is 0.275 e. The number of rotatable bonds is 4. The van der Waals surface area contributed by atoms with E-state index in [2.05, 4.69) is 24.5 Å². The number of nitro benzene ring substituents is 1. The molecule has 2 N–H and O–H groups in total. The van der Waals surface area contributed by atoms with Crippen LogP contribution in [0.5, 0.6) is 0 Å². The second-order valence-electron chi connectivity index (χ2n) is 6.02. The Morgan fingerprint density at radius 3 is 2.57 bits per heavy atom. The maximum atomic E-state index is 13.8. The van der Waals surface area contributed by atoms with Crippen LogP contribution >= 0.6 is 0 Å². The topological polar surface area (TPSA) is 67.2 Å². The highest BCUT2D eigenvalue weighted by Crippen LogP contribution is 2.31. The van der Waals surface area contributed by atoms with Gasteiger partial charge in [-0.05, 0) is 24.8 Å². The maximum absolute atomic E-state index is 13.8. The van der Waals surface area contributed by atoms with Gasteiger partial charge in [0.1, 0.15) is 5.69 Å². The van der Waals surface area contributed by atoms with Gasteiger partial charge in [-0.1, -0.05) is 13.8 Å². The first-order chi connectivity index (χ1) is 9.81. The minimum absolute atomic E-state index is 0.0268. The van der Waals surface area contributed by atoms with Gasteiger partial charge in [-0.25, -0.2) is 8.78 Å². The third-order valence-corrected chi connectivity index (χ3v) is 4.05. The second-order valence-corrected chi connectivity index (χ2v) is 6.02. The molecule has 5 nitrogen and oxygen atoms in total. The molecule has 21 heavy (non-hydrogen) atoms. The van der Waals surface area contributed by atoms with Gasteiger partial charge in [0.15, 0.2) is 11.6 Å². The molecule has 1 heterocycles. The third-order valence-electron chi connectivity index (χ3n) is 4.05. The lowest BCUT2D eigenvalue weighted by Gasteiger charge is -2.39. The Morgan fingerprint density at radius 2 is 2.05 bits per heavy atom. The zero-order valence-corrected chi connectivity index (χ0v) is 12.1. The average Bonchev–Trinajstić information content (AvgIpc) is 2.38. The number of non-ortho nitro benzene ring substituents is 1. The van der Waals surface area contributed by atoms with Crippen LogP contribution in [0, 0.1) is 27.2 Å². The van der Waals surface area contributed by atoms with Crippen molar-refractivity contribution in [1.82, 2.24) is 5.32 Å². The molecule has 1 unspecified atom stereocenters. The molecule has 0 bridgehead atoms. The summed E-state index contributed by atoms with van der Waals surface area (Å²) < 4.78 is 27.6. The normalized spacial score (nSPS) is 21.0. The minimum Gasteiger partial charge on any atom is -0.379 e. The van der Waals surface area contributed by atoms with Crippen LogP contribution < -0.4 is 10.6 Å². The molecule has 1 aromatic rings. The van der Waals surface area contributed by atoms with Crippen molar-refractivity contribution in [2.75, 3.05) is 18.4 Å². The van der Waals surface area contributed by atoms with Crippen molar-refractivity contribution in [3.05, 3.63) is 33.9 Å². The molecule has 1 aliphatic heterocycles. The van der Waals surface area contributed by atoms with E-state index in [1.165, 1.54) is 0 Å². The number of hydrogen-bond acceptors (Lipinski definition) is 4. The van der Waals surface area contributed by atoms with Gasteiger partial charge in [0.2, 0.25) is 0 Å². The van der Waals surface area contributed by atoms with E-state index < -0.39 is 22.2 Å². The predicted molar refractivity (Wildman–Crippen MR) is 76.3 cm³/mol. The Bertz CT molecular complexity index is 526. The summed E-state index contributed by atoms with van der Waals surface area (Å²) in [5.41, 5.74) is -0.880. The SMILES string of the molecule is CC1(C)CCCNC1CNc1c(F)cc([N+](=O)[O-])cc1F. The Balaban J connectivity index is 2.11. The number of nitrogens with zero attached hydrogens (tertiary/aromatic N) is 1. The number of halogens is 2. The lowest BCUT2D eigenvalue weighted by Crippen LogP contribution is -2.50. The van der Waals surface area contributed by atoms with Crippen molar-refractivity contribution in [1.29, 1.82) is 0 Å². The molecule has 2 rings (SSSR count). The van der Waals surface area contributed by atoms with Crippen LogP contribution in [0.2, 0.25) is 0 Å². The molecule has 0 aliphatic carbocycles. The Labute approximate surface area is 121 Å². The summed E-state index contributed by atoms with van der Waals surface area (Å²) in [7, 11) is 0. The van der Waals surface area contributed by atoms with E-state index in [4.69, 9.17) is 0 Å². The highest BCUT2D eigenvalue weighted by molar-refractivity contribution is 5.51. The summed E-state index contributed by atoms with van der Waals surface area (Å²) in [6.45, 7) is 5.45. The summed E-state index contributed by atoms with van der Waals surface area (Å²) in [6, 6.07) is 1.54. The van der Waals surface area contributed by atoms with E-state index >= 15 is 0 Å². The summed E-state index contributed by atoms with van der Waals surface area (Å²) >= 11 is 0. The zero-order valence-electron chi connectivity index (χ0n) is 12.1. The first-order valence-corrected chi connectivity index (χ1v) is 6.92. The minimum atomic E-state index is -0.949. The van der Waals surface area contributed by atoms with Crippen molar-refractivity contribution >= 4 is 11.4 Å². The second kappa shape index (κ2) is 5.93. The highest BCUT2D eigenvalue weighted by Gasteiger charge is 2.32. The van der Waals surface area contributed by atoms with Gasteiger partial charge in [-0.2, -0.15) is 0 Å². The number of anilines is 1. The zero-order chi connectivity index (χ0) is 15.6. The van der Waals surface area contributed by atoms with E-state index in [9.17, 15) is 18.9 Å². The average molecular weight is 299 g/mol. The Hall–Kier alpha value is -1.76. The van der Waals surface area contributed by atoms with Crippen LogP contribution in [-0.2, 0) is 0 Å². The molecule has 1 aliphatic rings. The standard InChI is InChI=1S/C14H19F2N3O2/c1-14(2)4-3-5-17-12(14)8-18-13-10(15)6-9(19(20)21)7-11(13)16/h6-7,12,17-18H,3-5,8H2,1-2H3. The van der Waals surface area contributed by atoms with E-state index in [-0.39, 0.29) is 17.1 Å². The largest absolute Gasteiger partial charge is 0.379 e. The van der Waals surface area contributed by atoms with Gasteiger partial charge in [0.25, 0.3) is 5.69 Å². The number of piperidine rings is 1. The fraction of sp³-hybridized carbons (Fsp3) is 0.571. The predicted octanol–water partition coefficient (Wildman–Crippen LogP) is 3.06. The number of nitrogens with one attached hydrogen (secondary N) is 2. The van der Waals surface area contributed by atoms with Crippen molar-refractivity contribution in [3.63, 3.8) is 0 Å². The first kappa shape index (κ1) is 15.6. The van der Waals surface area contributed by atoms with Gasteiger partial charge >= 0.3 is 0 Å². The van der Waals surface area contributed by atoms with Crippen LogP contribution in [0.4, 0.5) is 20.2 Å². The van der Waals surface area contributed by atoms with E-state index in [1.807, 2.05) is 0 Å². The number of nitro groups is 1. The summed E-state index contributed by atoms with van der Waals surface area (Å²) in [6.07, 6.45) is 2.11. The Kier molecular flexibility index (Phi) is 4.41. The number of benzene rings is 1. The molecule has 0 saturated carbocycles. The van der Waals surface area contributed by atoms with Crippen LogP contribution in [-0.4, -0.2) is 24.1 Å². The van der Waals surface area contributed by atoms with Gasteiger partial charge in [0.05, 0.1) is 17.1 Å². The molecule has 1 saturated heterocycles. The quantitative estimate of drug-likeness (QED) is 0.662. The highest BCUT2D eigenvalue weighted by atomic mass is 19.1. The summed E-state index contributed by atoms with van der Waals surface area (Å²) in [5, 5.41) is 16.6. The molecule has 116 valence electrons. The van der Waals surface area contributed by atoms with Crippen molar-refractivity contribution in [2.45, 2.75) is 32.7 Å². The van der Waals surface area contributed by atoms with Crippen LogP contribution in [0.1, 0.15) is 26.7 Å². The molecule has 0 spiro atoms. The van der Waals surface area contributed by atoms with Crippen molar-refractivity contribution in [2.24, 2.45) is 5.41 Å². The van der Waals surface area contributed by atoms with Crippen molar-refractivity contribution < 1.29 is 13.7 Å². The first-order valence-electron chi connectivity index (χ1n) is 6.92. The molecule has 0 aromatic heterocycles. The third kappa shape index (κ3) is 3.47. The fourth-order valence-electron chi connectivity index (χ4n) is 2.66. The molecule has 1 atom stereocenters. The lowest BCUT2D eigenvalue weighted by atomic mass is 9.77. The Morgan fingerprint density at radius 1 is 1.43 bits per heavy atom. The lowest BCUT2D eigenvalue weighted by molar-refractivity contribution is -0.385. The van der Waals surface area contributed by atoms with Crippen LogP contribution in [0.3, 0.4) is 0 Å².